The van der Waals surface area contributed by atoms with Crippen molar-refractivity contribution in [1.29, 1.82) is 0 Å². The van der Waals surface area contributed by atoms with E-state index in [4.69, 9.17) is 0 Å². The van der Waals surface area contributed by atoms with Gasteiger partial charge in [-0.1, -0.05) is 13.0 Å². The van der Waals surface area contributed by atoms with Crippen molar-refractivity contribution in [3.8, 4) is 5.69 Å². The number of hydrogen-bond donors (Lipinski definition) is 1. The Kier molecular flexibility index (Phi) is 5.61. The molecule has 0 saturated carbocycles. The van der Waals surface area contributed by atoms with Crippen LogP contribution in [-0.4, -0.2) is 39.6 Å². The second-order valence-corrected chi connectivity index (χ2v) is 7.28. The maximum absolute atomic E-state index is 13.2. The standard InChI is InChI=1S/C23H23FN4O2/c1-2-21-20(15-25-28(21)19-10-8-17(24)9-11-19)22(29)26-18-7-5-6-16(14-18)23(30)27-12-3-4-13-27/h5-11,14-15H,2-4,12-13H2,1H3,(H,26,29). The summed E-state index contributed by atoms with van der Waals surface area (Å²) in [4.78, 5) is 27.4. The Hall–Kier alpha value is -3.48. The van der Waals surface area contributed by atoms with Crippen molar-refractivity contribution in [2.75, 3.05) is 18.4 Å². The minimum atomic E-state index is -0.328. The molecule has 0 radical (unpaired) electrons. The van der Waals surface area contributed by atoms with Crippen molar-refractivity contribution >= 4 is 17.5 Å². The fourth-order valence-electron chi connectivity index (χ4n) is 3.74. The third kappa shape index (κ3) is 3.96. The van der Waals surface area contributed by atoms with Gasteiger partial charge in [-0.3, -0.25) is 9.59 Å². The third-order valence-electron chi connectivity index (χ3n) is 5.28. The van der Waals surface area contributed by atoms with E-state index in [1.165, 1.54) is 18.3 Å². The van der Waals surface area contributed by atoms with Gasteiger partial charge in [0.2, 0.25) is 0 Å². The maximum atomic E-state index is 13.2. The molecular formula is C23H23FN4O2. The molecule has 1 fully saturated rings. The summed E-state index contributed by atoms with van der Waals surface area (Å²) in [6.45, 7) is 3.48. The number of amides is 2. The van der Waals surface area contributed by atoms with Gasteiger partial charge in [-0.15, -0.1) is 0 Å². The van der Waals surface area contributed by atoms with Gasteiger partial charge in [0.25, 0.3) is 11.8 Å². The molecule has 0 atom stereocenters. The maximum Gasteiger partial charge on any atom is 0.259 e. The summed E-state index contributed by atoms with van der Waals surface area (Å²) in [6.07, 6.45) is 4.14. The van der Waals surface area contributed by atoms with Crippen LogP contribution in [-0.2, 0) is 6.42 Å². The number of hydrogen-bond acceptors (Lipinski definition) is 3. The quantitative estimate of drug-likeness (QED) is 0.695. The zero-order valence-corrected chi connectivity index (χ0v) is 16.8. The van der Waals surface area contributed by atoms with E-state index in [0.29, 0.717) is 28.9 Å². The van der Waals surface area contributed by atoms with E-state index in [1.807, 2.05) is 11.8 Å². The molecule has 2 heterocycles. The van der Waals surface area contributed by atoms with Crippen LogP contribution in [0.2, 0.25) is 0 Å². The molecule has 30 heavy (non-hydrogen) atoms. The first-order valence-electron chi connectivity index (χ1n) is 10.1. The van der Waals surface area contributed by atoms with Crippen LogP contribution < -0.4 is 5.32 Å². The number of halogens is 1. The number of carbonyl (C=O) groups excluding carboxylic acids is 2. The van der Waals surface area contributed by atoms with Crippen molar-refractivity contribution in [3.05, 3.63) is 77.4 Å². The second-order valence-electron chi connectivity index (χ2n) is 7.28. The molecule has 154 valence electrons. The number of likely N-dealkylation sites (tertiary alicyclic amines) is 1. The molecule has 1 saturated heterocycles. The molecule has 1 aliphatic heterocycles. The molecule has 0 bridgehead atoms. The molecule has 0 spiro atoms. The molecule has 1 aliphatic rings. The SMILES string of the molecule is CCc1c(C(=O)Nc2cccc(C(=O)N3CCCC3)c2)cnn1-c1ccc(F)cc1. The van der Waals surface area contributed by atoms with E-state index in [1.54, 1.807) is 41.1 Å². The lowest BCUT2D eigenvalue weighted by Crippen LogP contribution is -2.27. The lowest BCUT2D eigenvalue weighted by atomic mass is 10.1. The monoisotopic (exact) mass is 406 g/mol. The first-order valence-corrected chi connectivity index (χ1v) is 10.1. The minimum absolute atomic E-state index is 0.0121. The zero-order valence-electron chi connectivity index (χ0n) is 16.8. The summed E-state index contributed by atoms with van der Waals surface area (Å²) in [6, 6.07) is 13.0. The van der Waals surface area contributed by atoms with Crippen LogP contribution in [0.5, 0.6) is 0 Å². The van der Waals surface area contributed by atoms with E-state index in [9.17, 15) is 14.0 Å². The molecule has 6 nitrogen and oxygen atoms in total. The largest absolute Gasteiger partial charge is 0.339 e. The highest BCUT2D eigenvalue weighted by atomic mass is 19.1. The molecule has 3 aromatic rings. The number of rotatable bonds is 5. The minimum Gasteiger partial charge on any atom is -0.339 e. The predicted octanol–water partition coefficient (Wildman–Crippen LogP) is 4.06. The van der Waals surface area contributed by atoms with Crippen LogP contribution >= 0.6 is 0 Å². The summed E-state index contributed by atoms with van der Waals surface area (Å²) < 4.78 is 14.9. The van der Waals surface area contributed by atoms with Crippen LogP contribution in [0.4, 0.5) is 10.1 Å². The fraction of sp³-hybridized carbons (Fsp3) is 0.261. The summed E-state index contributed by atoms with van der Waals surface area (Å²) in [5.41, 5.74) is 2.97. The van der Waals surface area contributed by atoms with Gasteiger partial charge in [0, 0.05) is 24.3 Å². The van der Waals surface area contributed by atoms with Crippen LogP contribution in [0.25, 0.3) is 5.69 Å². The van der Waals surface area contributed by atoms with Gasteiger partial charge in [-0.2, -0.15) is 5.10 Å². The Balaban J connectivity index is 1.55. The Labute approximate surface area is 174 Å². The van der Waals surface area contributed by atoms with Gasteiger partial charge >= 0.3 is 0 Å². The lowest BCUT2D eigenvalue weighted by molar-refractivity contribution is 0.0792. The topological polar surface area (TPSA) is 67.2 Å². The highest BCUT2D eigenvalue weighted by Crippen LogP contribution is 2.20. The number of aromatic nitrogens is 2. The van der Waals surface area contributed by atoms with Gasteiger partial charge in [0.1, 0.15) is 5.82 Å². The Morgan fingerprint density at radius 3 is 2.53 bits per heavy atom. The first kappa shape index (κ1) is 19.8. The number of nitrogens with one attached hydrogen (secondary N) is 1. The average molecular weight is 406 g/mol. The molecule has 2 aromatic carbocycles. The van der Waals surface area contributed by atoms with E-state index in [-0.39, 0.29) is 17.6 Å². The van der Waals surface area contributed by atoms with Crippen molar-refractivity contribution in [3.63, 3.8) is 0 Å². The van der Waals surface area contributed by atoms with Crippen LogP contribution in [0.3, 0.4) is 0 Å². The van der Waals surface area contributed by atoms with Crippen molar-refractivity contribution in [2.45, 2.75) is 26.2 Å². The van der Waals surface area contributed by atoms with Gasteiger partial charge in [0.05, 0.1) is 23.1 Å². The molecule has 0 aliphatic carbocycles. The number of carbonyl (C=O) groups is 2. The average Bonchev–Trinajstić information content (AvgIpc) is 3.44. The fourth-order valence-corrected chi connectivity index (χ4v) is 3.74. The van der Waals surface area contributed by atoms with Crippen molar-refractivity contribution in [2.24, 2.45) is 0 Å². The van der Waals surface area contributed by atoms with E-state index in [0.717, 1.165) is 31.6 Å². The number of anilines is 1. The molecule has 1 aromatic heterocycles. The summed E-state index contributed by atoms with van der Waals surface area (Å²) >= 11 is 0. The molecule has 7 heteroatoms. The smallest absolute Gasteiger partial charge is 0.259 e. The van der Waals surface area contributed by atoms with Crippen LogP contribution in [0.15, 0.2) is 54.7 Å². The van der Waals surface area contributed by atoms with Crippen molar-refractivity contribution in [1.82, 2.24) is 14.7 Å². The summed E-state index contributed by atoms with van der Waals surface area (Å²) in [5.74, 6) is -0.641. The Morgan fingerprint density at radius 2 is 1.83 bits per heavy atom. The predicted molar refractivity (Wildman–Crippen MR) is 112 cm³/mol. The van der Waals surface area contributed by atoms with Gasteiger partial charge in [0.15, 0.2) is 0 Å². The lowest BCUT2D eigenvalue weighted by Gasteiger charge is -2.16. The molecule has 0 unspecified atom stereocenters. The van der Waals surface area contributed by atoms with Crippen LogP contribution in [0, 0.1) is 5.82 Å². The van der Waals surface area contributed by atoms with Crippen LogP contribution in [0.1, 0.15) is 46.2 Å². The highest BCUT2D eigenvalue weighted by molar-refractivity contribution is 6.05. The normalized spacial score (nSPS) is 13.5. The van der Waals surface area contributed by atoms with E-state index in [2.05, 4.69) is 10.4 Å². The molecule has 1 N–H and O–H groups in total. The molecule has 4 rings (SSSR count). The molecule has 2 amide bonds. The number of nitrogens with zero attached hydrogens (tertiary/aromatic N) is 3. The summed E-state index contributed by atoms with van der Waals surface area (Å²) in [7, 11) is 0. The summed E-state index contributed by atoms with van der Waals surface area (Å²) in [5, 5.41) is 7.19. The van der Waals surface area contributed by atoms with E-state index < -0.39 is 0 Å². The molecular weight excluding hydrogens is 383 g/mol. The van der Waals surface area contributed by atoms with Crippen molar-refractivity contribution < 1.29 is 14.0 Å². The van der Waals surface area contributed by atoms with Gasteiger partial charge in [-0.05, 0) is 61.7 Å². The second kappa shape index (κ2) is 8.49. The van der Waals surface area contributed by atoms with Gasteiger partial charge < -0.3 is 10.2 Å². The number of benzene rings is 2. The van der Waals surface area contributed by atoms with E-state index >= 15 is 0 Å². The zero-order chi connectivity index (χ0) is 21.1. The Morgan fingerprint density at radius 1 is 1.10 bits per heavy atom. The van der Waals surface area contributed by atoms with Gasteiger partial charge in [-0.25, -0.2) is 9.07 Å². The highest BCUT2D eigenvalue weighted by Gasteiger charge is 2.21. The Bertz CT molecular complexity index is 1070. The first-order chi connectivity index (χ1) is 14.6. The third-order valence-corrected chi connectivity index (χ3v) is 5.28.